The van der Waals surface area contributed by atoms with Crippen LogP contribution >= 0.6 is 12.4 Å². The van der Waals surface area contributed by atoms with Crippen LogP contribution in [0.3, 0.4) is 0 Å². The summed E-state index contributed by atoms with van der Waals surface area (Å²) in [5, 5.41) is 0. The first-order valence-electron chi connectivity index (χ1n) is 7.81. The Morgan fingerprint density at radius 3 is 2.59 bits per heavy atom. The van der Waals surface area contributed by atoms with Gasteiger partial charge in [-0.3, -0.25) is 9.69 Å². The second-order valence-corrected chi connectivity index (χ2v) is 5.39. The Morgan fingerprint density at radius 1 is 1.23 bits per heavy atom. The topological polar surface area (TPSA) is 38.8 Å². The lowest BCUT2D eigenvalue weighted by Gasteiger charge is -2.26. The monoisotopic (exact) mass is 327 g/mol. The number of piperidine rings is 1. The average Bonchev–Trinajstić information content (AvgIpc) is 2.55. The third-order valence-electron chi connectivity index (χ3n) is 3.92. The zero-order chi connectivity index (χ0) is 15.1. The molecule has 0 aromatic heterocycles. The highest BCUT2D eigenvalue weighted by atomic mass is 35.5. The first-order valence-corrected chi connectivity index (χ1v) is 7.81. The highest BCUT2D eigenvalue weighted by Crippen LogP contribution is 2.26. The number of ether oxygens (including phenoxy) is 2. The fourth-order valence-electron chi connectivity index (χ4n) is 2.64. The van der Waals surface area contributed by atoms with Crippen molar-refractivity contribution in [2.24, 2.45) is 0 Å². The molecule has 1 aromatic rings. The van der Waals surface area contributed by atoms with Gasteiger partial charge in [0.15, 0.2) is 5.78 Å². The fraction of sp³-hybridized carbons (Fsp3) is 0.588. The predicted molar refractivity (Wildman–Crippen MR) is 90.6 cm³/mol. The summed E-state index contributed by atoms with van der Waals surface area (Å²) in [5.41, 5.74) is 0.650. The summed E-state index contributed by atoms with van der Waals surface area (Å²) < 4.78 is 11.1. The molecule has 0 radical (unpaired) electrons. The summed E-state index contributed by atoms with van der Waals surface area (Å²) in [5.74, 6) is 1.46. The van der Waals surface area contributed by atoms with Crippen LogP contribution in [-0.2, 0) is 0 Å². The van der Waals surface area contributed by atoms with Crippen LogP contribution in [0.5, 0.6) is 11.5 Å². The van der Waals surface area contributed by atoms with Crippen molar-refractivity contribution in [2.45, 2.75) is 32.6 Å². The molecule has 1 fully saturated rings. The number of hydrogen-bond donors (Lipinski definition) is 0. The second-order valence-electron chi connectivity index (χ2n) is 5.39. The molecule has 5 heteroatoms. The van der Waals surface area contributed by atoms with Gasteiger partial charge in [-0.1, -0.05) is 13.3 Å². The Labute approximate surface area is 139 Å². The molecule has 0 unspecified atom stereocenters. The Kier molecular flexibility index (Phi) is 8.28. The van der Waals surface area contributed by atoms with E-state index in [0.29, 0.717) is 24.3 Å². The van der Waals surface area contributed by atoms with E-state index >= 15 is 0 Å². The zero-order valence-corrected chi connectivity index (χ0v) is 14.3. The van der Waals surface area contributed by atoms with Crippen LogP contribution in [0.15, 0.2) is 18.2 Å². The van der Waals surface area contributed by atoms with Crippen molar-refractivity contribution < 1.29 is 14.3 Å². The third-order valence-corrected chi connectivity index (χ3v) is 3.92. The van der Waals surface area contributed by atoms with Crippen molar-refractivity contribution in [1.82, 2.24) is 4.90 Å². The maximum atomic E-state index is 12.0. The van der Waals surface area contributed by atoms with Crippen molar-refractivity contribution in [3.05, 3.63) is 23.8 Å². The van der Waals surface area contributed by atoms with Crippen molar-refractivity contribution >= 4 is 18.2 Å². The number of ketones is 1. The summed E-state index contributed by atoms with van der Waals surface area (Å²) in [4.78, 5) is 14.4. The number of Topliss-reactive ketones (excluding diaryl/α,β-unsaturated/α-hetero) is 1. The first-order chi connectivity index (χ1) is 10.2. The predicted octanol–water partition coefficient (Wildman–Crippen LogP) is 3.57. The minimum atomic E-state index is 0. The van der Waals surface area contributed by atoms with Crippen LogP contribution in [0.25, 0.3) is 0 Å². The zero-order valence-electron chi connectivity index (χ0n) is 13.5. The molecule has 2 rings (SSSR count). The SMILES string of the molecule is CCC(=O)c1ccc(OC)cc1OCCN1CCCCC1.Cl. The van der Waals surface area contributed by atoms with E-state index in [2.05, 4.69) is 4.90 Å². The highest BCUT2D eigenvalue weighted by Gasteiger charge is 2.14. The Bertz CT molecular complexity index is 473. The molecule has 1 saturated heterocycles. The fourth-order valence-corrected chi connectivity index (χ4v) is 2.64. The number of carbonyl (C=O) groups excluding carboxylic acids is 1. The molecule has 1 heterocycles. The van der Waals surface area contributed by atoms with Gasteiger partial charge in [0.2, 0.25) is 0 Å². The van der Waals surface area contributed by atoms with E-state index in [1.807, 2.05) is 6.92 Å². The first kappa shape index (κ1) is 18.8. The normalized spacial score (nSPS) is 15.0. The molecular weight excluding hydrogens is 302 g/mol. The van der Waals surface area contributed by atoms with Crippen molar-refractivity contribution in [1.29, 1.82) is 0 Å². The number of likely N-dealkylation sites (tertiary alicyclic amines) is 1. The number of benzene rings is 1. The van der Waals surface area contributed by atoms with Gasteiger partial charge >= 0.3 is 0 Å². The molecule has 0 saturated carbocycles. The second kappa shape index (κ2) is 9.70. The van der Waals surface area contributed by atoms with Crippen molar-refractivity contribution in [2.75, 3.05) is 33.4 Å². The van der Waals surface area contributed by atoms with Crippen LogP contribution < -0.4 is 9.47 Å². The number of nitrogens with zero attached hydrogens (tertiary/aromatic N) is 1. The number of hydrogen-bond acceptors (Lipinski definition) is 4. The van der Waals surface area contributed by atoms with E-state index in [4.69, 9.17) is 9.47 Å². The Balaban J connectivity index is 0.00000242. The van der Waals surface area contributed by atoms with Gasteiger partial charge in [-0.25, -0.2) is 0 Å². The van der Waals surface area contributed by atoms with Crippen molar-refractivity contribution in [3.63, 3.8) is 0 Å². The summed E-state index contributed by atoms with van der Waals surface area (Å²) in [6.07, 6.45) is 4.37. The smallest absolute Gasteiger partial charge is 0.166 e. The summed E-state index contributed by atoms with van der Waals surface area (Å²) in [6.45, 7) is 5.70. The van der Waals surface area contributed by atoms with Crippen LogP contribution in [0.2, 0.25) is 0 Å². The average molecular weight is 328 g/mol. The van der Waals surface area contributed by atoms with E-state index in [1.165, 1.54) is 19.3 Å². The van der Waals surface area contributed by atoms with E-state index in [0.717, 1.165) is 25.4 Å². The maximum Gasteiger partial charge on any atom is 0.166 e. The highest BCUT2D eigenvalue weighted by molar-refractivity contribution is 5.98. The van der Waals surface area contributed by atoms with Gasteiger partial charge in [0.05, 0.1) is 12.7 Å². The standard InChI is InChI=1S/C17H25NO3.ClH/c1-3-16(19)15-8-7-14(20-2)13-17(15)21-12-11-18-9-5-4-6-10-18;/h7-8,13H,3-6,9-12H2,1-2H3;1H. The van der Waals surface area contributed by atoms with Gasteiger partial charge in [0.25, 0.3) is 0 Å². The quantitative estimate of drug-likeness (QED) is 0.718. The lowest BCUT2D eigenvalue weighted by atomic mass is 10.1. The van der Waals surface area contributed by atoms with Crippen molar-refractivity contribution in [3.8, 4) is 11.5 Å². The summed E-state index contributed by atoms with van der Waals surface area (Å²) >= 11 is 0. The molecule has 0 amide bonds. The number of methoxy groups -OCH3 is 1. The van der Waals surface area contributed by atoms with E-state index in [9.17, 15) is 4.79 Å². The van der Waals surface area contributed by atoms with Gasteiger partial charge in [0, 0.05) is 19.0 Å². The van der Waals surface area contributed by atoms with Gasteiger partial charge in [-0.15, -0.1) is 12.4 Å². The third kappa shape index (κ3) is 5.18. The molecule has 0 spiro atoms. The Hall–Kier alpha value is -1.26. The number of halogens is 1. The molecule has 1 aliphatic rings. The lowest BCUT2D eigenvalue weighted by molar-refractivity contribution is 0.0983. The molecule has 1 aromatic carbocycles. The molecule has 22 heavy (non-hydrogen) atoms. The van der Waals surface area contributed by atoms with Gasteiger partial charge in [-0.2, -0.15) is 0 Å². The van der Waals surface area contributed by atoms with Gasteiger partial charge < -0.3 is 9.47 Å². The molecule has 0 N–H and O–H groups in total. The lowest BCUT2D eigenvalue weighted by Crippen LogP contribution is -2.33. The summed E-state index contributed by atoms with van der Waals surface area (Å²) in [7, 11) is 1.62. The molecule has 0 atom stereocenters. The molecule has 124 valence electrons. The largest absolute Gasteiger partial charge is 0.497 e. The molecule has 0 aliphatic carbocycles. The van der Waals surface area contributed by atoms with Crippen LogP contribution in [-0.4, -0.2) is 44.0 Å². The van der Waals surface area contributed by atoms with Gasteiger partial charge in [0.1, 0.15) is 18.1 Å². The Morgan fingerprint density at radius 2 is 1.95 bits per heavy atom. The van der Waals surface area contributed by atoms with Crippen LogP contribution in [0.1, 0.15) is 43.0 Å². The molecule has 4 nitrogen and oxygen atoms in total. The molecular formula is C17H26ClNO3. The molecule has 1 aliphatic heterocycles. The van der Waals surface area contributed by atoms with Crippen LogP contribution in [0, 0.1) is 0 Å². The van der Waals surface area contributed by atoms with E-state index in [-0.39, 0.29) is 18.2 Å². The number of carbonyl (C=O) groups is 1. The minimum absolute atomic E-state index is 0. The van der Waals surface area contributed by atoms with E-state index < -0.39 is 0 Å². The molecule has 0 bridgehead atoms. The number of rotatable bonds is 7. The van der Waals surface area contributed by atoms with Gasteiger partial charge in [-0.05, 0) is 38.1 Å². The van der Waals surface area contributed by atoms with Crippen LogP contribution in [0.4, 0.5) is 0 Å². The maximum absolute atomic E-state index is 12.0. The van der Waals surface area contributed by atoms with E-state index in [1.54, 1.807) is 25.3 Å². The minimum Gasteiger partial charge on any atom is -0.497 e. The summed E-state index contributed by atoms with van der Waals surface area (Å²) in [6, 6.07) is 5.40.